The van der Waals surface area contributed by atoms with Crippen LogP contribution in [0.3, 0.4) is 0 Å². The van der Waals surface area contributed by atoms with E-state index in [2.05, 4.69) is 5.32 Å². The number of rotatable bonds is 6. The van der Waals surface area contributed by atoms with Crippen LogP contribution in [0.2, 0.25) is 0 Å². The number of hydrogen-bond acceptors (Lipinski definition) is 3. The number of benzene rings is 1. The summed E-state index contributed by atoms with van der Waals surface area (Å²) in [6, 6.07) is 7.65. The Kier molecular flexibility index (Phi) is 5.49. The lowest BCUT2D eigenvalue weighted by Gasteiger charge is -2.12. The fourth-order valence-corrected chi connectivity index (χ4v) is 1.65. The number of hydrogen-bond donors (Lipinski definition) is 2. The number of methoxy groups -OCH3 is 1. The Morgan fingerprint density at radius 1 is 1.47 bits per heavy atom. The number of carbonyl (C=O) groups excluding carboxylic acids is 1. The second kappa shape index (κ2) is 6.91. The van der Waals surface area contributed by atoms with Crippen molar-refractivity contribution in [3.05, 3.63) is 29.8 Å². The summed E-state index contributed by atoms with van der Waals surface area (Å²) < 4.78 is 4.95. The van der Waals surface area contributed by atoms with Gasteiger partial charge in [0.15, 0.2) is 0 Å². The number of anilines is 1. The van der Waals surface area contributed by atoms with Gasteiger partial charge in [-0.1, -0.05) is 18.2 Å². The first kappa shape index (κ1) is 13.5. The van der Waals surface area contributed by atoms with E-state index in [0.717, 1.165) is 11.3 Å². The number of amides is 1. The molecular weight excluding hydrogens is 216 g/mol. The summed E-state index contributed by atoms with van der Waals surface area (Å²) in [5.41, 5.74) is 7.56. The van der Waals surface area contributed by atoms with Gasteiger partial charge in [-0.3, -0.25) is 4.79 Å². The molecule has 1 aromatic carbocycles. The monoisotopic (exact) mass is 236 g/mol. The van der Waals surface area contributed by atoms with Crippen molar-refractivity contribution in [2.75, 3.05) is 19.5 Å². The van der Waals surface area contributed by atoms with Crippen LogP contribution in [0.4, 0.5) is 5.69 Å². The van der Waals surface area contributed by atoms with Crippen LogP contribution in [0.1, 0.15) is 18.9 Å². The Morgan fingerprint density at radius 3 is 2.82 bits per heavy atom. The Morgan fingerprint density at radius 2 is 2.18 bits per heavy atom. The van der Waals surface area contributed by atoms with E-state index >= 15 is 0 Å². The molecule has 1 unspecified atom stereocenters. The van der Waals surface area contributed by atoms with Crippen LogP contribution < -0.4 is 11.1 Å². The first-order valence-corrected chi connectivity index (χ1v) is 5.75. The standard InChI is InChI=1S/C13H20N2O2/c1-10(9-17-2)15-13(16)8-7-11-5-3-4-6-12(11)14/h3-6,10H,7-9,14H2,1-2H3,(H,15,16). The van der Waals surface area contributed by atoms with Gasteiger partial charge < -0.3 is 15.8 Å². The first-order valence-electron chi connectivity index (χ1n) is 5.75. The number of ether oxygens (including phenoxy) is 1. The van der Waals surface area contributed by atoms with Crippen LogP contribution in [0, 0.1) is 0 Å². The molecule has 0 saturated carbocycles. The van der Waals surface area contributed by atoms with Gasteiger partial charge >= 0.3 is 0 Å². The molecule has 0 saturated heterocycles. The van der Waals surface area contributed by atoms with Crippen molar-refractivity contribution in [1.82, 2.24) is 5.32 Å². The van der Waals surface area contributed by atoms with Crippen LogP contribution in [0.5, 0.6) is 0 Å². The van der Waals surface area contributed by atoms with Crippen LogP contribution >= 0.6 is 0 Å². The summed E-state index contributed by atoms with van der Waals surface area (Å²) in [4.78, 5) is 11.6. The molecule has 0 aliphatic carbocycles. The van der Waals surface area contributed by atoms with Crippen molar-refractivity contribution >= 4 is 11.6 Å². The van der Waals surface area contributed by atoms with Crippen molar-refractivity contribution in [2.24, 2.45) is 0 Å². The molecule has 4 nitrogen and oxygen atoms in total. The van der Waals surface area contributed by atoms with Crippen LogP contribution in [-0.2, 0) is 16.0 Å². The Balaban J connectivity index is 2.36. The molecule has 0 aliphatic rings. The summed E-state index contributed by atoms with van der Waals surface area (Å²) >= 11 is 0. The second-order valence-corrected chi connectivity index (χ2v) is 4.12. The van der Waals surface area contributed by atoms with Crippen molar-refractivity contribution in [2.45, 2.75) is 25.8 Å². The molecular formula is C13H20N2O2. The maximum atomic E-state index is 11.6. The van der Waals surface area contributed by atoms with Gasteiger partial charge in [0.05, 0.1) is 6.61 Å². The predicted octanol–water partition coefficient (Wildman–Crippen LogP) is 1.35. The van der Waals surface area contributed by atoms with E-state index in [0.29, 0.717) is 19.4 Å². The van der Waals surface area contributed by atoms with Crippen molar-refractivity contribution in [3.63, 3.8) is 0 Å². The highest BCUT2D eigenvalue weighted by Crippen LogP contribution is 2.12. The van der Waals surface area contributed by atoms with E-state index < -0.39 is 0 Å². The molecule has 0 bridgehead atoms. The van der Waals surface area contributed by atoms with Gasteiger partial charge in [-0.15, -0.1) is 0 Å². The maximum Gasteiger partial charge on any atom is 0.220 e. The van der Waals surface area contributed by atoms with Gasteiger partial charge in [0, 0.05) is 25.3 Å². The Hall–Kier alpha value is -1.55. The zero-order chi connectivity index (χ0) is 12.7. The van der Waals surface area contributed by atoms with E-state index in [9.17, 15) is 4.79 Å². The highest BCUT2D eigenvalue weighted by molar-refractivity contribution is 5.76. The van der Waals surface area contributed by atoms with Gasteiger partial charge in [-0.05, 0) is 25.0 Å². The smallest absolute Gasteiger partial charge is 0.220 e. The van der Waals surface area contributed by atoms with Crippen molar-refractivity contribution in [3.8, 4) is 0 Å². The number of aryl methyl sites for hydroxylation is 1. The maximum absolute atomic E-state index is 11.6. The molecule has 0 fully saturated rings. The first-order chi connectivity index (χ1) is 8.13. The number of carbonyl (C=O) groups is 1. The zero-order valence-electron chi connectivity index (χ0n) is 10.4. The molecule has 1 amide bonds. The largest absolute Gasteiger partial charge is 0.399 e. The highest BCUT2D eigenvalue weighted by Gasteiger charge is 2.07. The molecule has 0 aromatic heterocycles. The minimum Gasteiger partial charge on any atom is -0.399 e. The van der Waals surface area contributed by atoms with Gasteiger partial charge in [-0.2, -0.15) is 0 Å². The third-order valence-electron chi connectivity index (χ3n) is 2.50. The average molecular weight is 236 g/mol. The van der Waals surface area contributed by atoms with Gasteiger partial charge in [0.25, 0.3) is 0 Å². The van der Waals surface area contributed by atoms with Crippen LogP contribution in [0.25, 0.3) is 0 Å². The molecule has 17 heavy (non-hydrogen) atoms. The lowest BCUT2D eigenvalue weighted by atomic mass is 10.1. The fraction of sp³-hybridized carbons (Fsp3) is 0.462. The lowest BCUT2D eigenvalue weighted by molar-refractivity contribution is -0.122. The molecule has 0 heterocycles. The topological polar surface area (TPSA) is 64.3 Å². The minimum absolute atomic E-state index is 0.0257. The molecule has 4 heteroatoms. The summed E-state index contributed by atoms with van der Waals surface area (Å²) in [5, 5.41) is 2.87. The van der Waals surface area contributed by atoms with Crippen molar-refractivity contribution < 1.29 is 9.53 Å². The second-order valence-electron chi connectivity index (χ2n) is 4.12. The SMILES string of the molecule is COCC(C)NC(=O)CCc1ccccc1N. The van der Waals surface area contributed by atoms with Crippen LogP contribution in [0.15, 0.2) is 24.3 Å². The van der Waals surface area contributed by atoms with E-state index in [4.69, 9.17) is 10.5 Å². The molecule has 1 rings (SSSR count). The molecule has 0 radical (unpaired) electrons. The number of para-hydroxylation sites is 1. The summed E-state index contributed by atoms with van der Waals surface area (Å²) in [5.74, 6) is 0.0257. The van der Waals surface area contributed by atoms with E-state index in [-0.39, 0.29) is 11.9 Å². The third-order valence-corrected chi connectivity index (χ3v) is 2.50. The highest BCUT2D eigenvalue weighted by atomic mass is 16.5. The summed E-state index contributed by atoms with van der Waals surface area (Å²) in [6.45, 7) is 2.44. The van der Waals surface area contributed by atoms with Crippen LogP contribution in [-0.4, -0.2) is 25.7 Å². The quantitative estimate of drug-likeness (QED) is 0.733. The lowest BCUT2D eigenvalue weighted by Crippen LogP contribution is -2.35. The Labute approximate surface area is 102 Å². The summed E-state index contributed by atoms with van der Waals surface area (Å²) in [6.07, 6.45) is 1.11. The minimum atomic E-state index is 0.0257. The fourth-order valence-electron chi connectivity index (χ4n) is 1.65. The third kappa shape index (κ3) is 4.87. The molecule has 3 N–H and O–H groups in total. The van der Waals surface area contributed by atoms with Gasteiger partial charge in [0.2, 0.25) is 5.91 Å². The average Bonchev–Trinajstić information content (AvgIpc) is 2.28. The molecule has 1 atom stereocenters. The van der Waals surface area contributed by atoms with E-state index in [1.165, 1.54) is 0 Å². The number of nitrogen functional groups attached to an aromatic ring is 1. The molecule has 1 aromatic rings. The van der Waals surface area contributed by atoms with Gasteiger partial charge in [0.1, 0.15) is 0 Å². The molecule has 0 aliphatic heterocycles. The molecule has 94 valence electrons. The van der Waals surface area contributed by atoms with E-state index in [1.54, 1.807) is 7.11 Å². The molecule has 0 spiro atoms. The normalized spacial score (nSPS) is 12.1. The van der Waals surface area contributed by atoms with E-state index in [1.807, 2.05) is 31.2 Å². The van der Waals surface area contributed by atoms with Gasteiger partial charge in [-0.25, -0.2) is 0 Å². The zero-order valence-corrected chi connectivity index (χ0v) is 10.4. The Bertz CT molecular complexity index is 366. The predicted molar refractivity (Wildman–Crippen MR) is 68.7 cm³/mol. The number of nitrogens with one attached hydrogen (secondary N) is 1. The number of nitrogens with two attached hydrogens (primary N) is 1. The van der Waals surface area contributed by atoms with Crippen molar-refractivity contribution in [1.29, 1.82) is 0 Å². The summed E-state index contributed by atoms with van der Waals surface area (Å²) in [7, 11) is 1.62.